The fourth-order valence-electron chi connectivity index (χ4n) is 3.71. The molecule has 3 aromatic carbocycles. The van der Waals surface area contributed by atoms with Crippen LogP contribution in [0.15, 0.2) is 68.8 Å². The lowest BCUT2D eigenvalue weighted by atomic mass is 9.95. The topological polar surface area (TPSA) is 100 Å². The summed E-state index contributed by atoms with van der Waals surface area (Å²) in [4.78, 5) is 29.4. The van der Waals surface area contributed by atoms with Crippen LogP contribution in [0.4, 0.5) is 0 Å². The van der Waals surface area contributed by atoms with Crippen molar-refractivity contribution in [1.29, 1.82) is 0 Å². The predicted octanol–water partition coefficient (Wildman–Crippen LogP) is 5.78. The maximum absolute atomic E-state index is 12.7. The molecule has 0 saturated carbocycles. The Morgan fingerprint density at radius 1 is 0.971 bits per heavy atom. The Kier molecular flexibility index (Phi) is 5.83. The first-order valence-corrected chi connectivity index (χ1v) is 10.8. The van der Waals surface area contributed by atoms with Gasteiger partial charge in [-0.3, -0.25) is 9.79 Å². The van der Waals surface area contributed by atoms with Crippen molar-refractivity contribution in [1.82, 2.24) is 0 Å². The first-order valence-electron chi connectivity index (χ1n) is 10.8. The first kappa shape index (κ1) is 23.0. The van der Waals surface area contributed by atoms with Crippen LogP contribution in [0.2, 0.25) is 0 Å². The number of ketones is 1. The maximum Gasteiger partial charge on any atom is 0.336 e. The number of nitrogens with zero attached hydrogens (tertiary/aromatic N) is 1. The highest BCUT2D eigenvalue weighted by Gasteiger charge is 2.16. The van der Waals surface area contributed by atoms with E-state index in [2.05, 4.69) is 4.99 Å². The number of carbonyl (C=O) groups is 1. The minimum Gasteiger partial charge on any atom is -0.508 e. The quantitative estimate of drug-likeness (QED) is 0.134. The molecule has 4 aromatic rings. The molecule has 0 fully saturated rings. The van der Waals surface area contributed by atoms with Gasteiger partial charge < -0.3 is 14.6 Å². The van der Waals surface area contributed by atoms with E-state index in [0.29, 0.717) is 33.0 Å². The fraction of sp³-hybridized carbons (Fsp3) is 0.179. The summed E-state index contributed by atoms with van der Waals surface area (Å²) >= 11 is 0. The molecule has 0 aliphatic rings. The van der Waals surface area contributed by atoms with Gasteiger partial charge in [-0.15, -0.1) is 0 Å². The van der Waals surface area contributed by atoms with E-state index in [0.717, 1.165) is 10.9 Å². The van der Waals surface area contributed by atoms with Gasteiger partial charge in [0.15, 0.2) is 5.78 Å². The highest BCUT2D eigenvalue weighted by atomic mass is 16.4. The van der Waals surface area contributed by atoms with Crippen molar-refractivity contribution >= 4 is 39.8 Å². The van der Waals surface area contributed by atoms with Crippen molar-refractivity contribution in [3.63, 3.8) is 0 Å². The Morgan fingerprint density at radius 3 is 2.32 bits per heavy atom. The van der Waals surface area contributed by atoms with Crippen LogP contribution in [0.3, 0.4) is 0 Å². The van der Waals surface area contributed by atoms with Gasteiger partial charge in [0, 0.05) is 39.6 Å². The lowest BCUT2D eigenvalue weighted by Crippen LogP contribution is -2.09. The predicted molar refractivity (Wildman–Crippen MR) is 135 cm³/mol. The van der Waals surface area contributed by atoms with Gasteiger partial charge in [-0.2, -0.15) is 0 Å². The van der Waals surface area contributed by atoms with Crippen molar-refractivity contribution < 1.29 is 19.4 Å². The molecule has 0 aliphatic carbocycles. The molecule has 0 amide bonds. The van der Waals surface area contributed by atoms with Crippen molar-refractivity contribution in [2.45, 2.75) is 33.2 Å². The van der Waals surface area contributed by atoms with E-state index < -0.39 is 5.63 Å². The summed E-state index contributed by atoms with van der Waals surface area (Å²) in [6.45, 7) is 7.66. The second-order valence-corrected chi connectivity index (χ2v) is 9.19. The fourth-order valence-corrected chi connectivity index (χ4v) is 3.71. The molecule has 0 spiro atoms. The molecule has 0 unspecified atom stereocenters. The molecule has 0 radical (unpaired) electrons. The summed E-state index contributed by atoms with van der Waals surface area (Å²) in [5.41, 5.74) is 1.74. The number of hydrogen-bond acceptors (Lipinski definition) is 6. The summed E-state index contributed by atoms with van der Waals surface area (Å²) in [6.07, 6.45) is 4.65. The average Bonchev–Trinajstić information content (AvgIpc) is 2.77. The largest absolute Gasteiger partial charge is 0.508 e. The summed E-state index contributed by atoms with van der Waals surface area (Å²) in [5, 5.41) is 22.2. The third kappa shape index (κ3) is 4.62. The lowest BCUT2D eigenvalue weighted by Gasteiger charge is -2.14. The normalized spacial score (nSPS) is 12.4. The summed E-state index contributed by atoms with van der Waals surface area (Å²) in [6, 6.07) is 12.7. The van der Waals surface area contributed by atoms with Crippen molar-refractivity contribution in [3.8, 4) is 11.5 Å². The van der Waals surface area contributed by atoms with Crippen molar-refractivity contribution in [3.05, 3.63) is 87.3 Å². The number of fused-ring (bicyclic) bond motifs is 3. The van der Waals surface area contributed by atoms with Crippen molar-refractivity contribution in [2.24, 2.45) is 4.99 Å². The molecule has 172 valence electrons. The summed E-state index contributed by atoms with van der Waals surface area (Å²) in [5.74, 6) is -0.176. The standard InChI is InChI=1S/C28H25NO5/c1-16-13-24(32)34-27-21(16)10-11-22-25(27)18(14-19(26(22)33)15-29-28(2,3)4)7-12-23(31)17-5-8-20(30)9-6-17/h5-15,30,33H,1-4H3/b12-7+,29-15?. The van der Waals surface area contributed by atoms with Crippen molar-refractivity contribution in [2.75, 3.05) is 0 Å². The number of benzene rings is 3. The molecule has 4 rings (SSSR count). The van der Waals surface area contributed by atoms with Gasteiger partial charge in [0.25, 0.3) is 0 Å². The SMILES string of the molecule is Cc1cc(=O)oc2c1ccc1c(O)c(C=NC(C)(C)C)cc(/C=C/C(=O)c3ccc(O)cc3)c12. The Morgan fingerprint density at radius 2 is 1.65 bits per heavy atom. The Labute approximate surface area is 196 Å². The smallest absolute Gasteiger partial charge is 0.336 e. The molecule has 0 aliphatic heterocycles. The third-order valence-corrected chi connectivity index (χ3v) is 5.40. The minimum absolute atomic E-state index is 0.0102. The molecule has 6 nitrogen and oxygen atoms in total. The number of phenolic OH excluding ortho intramolecular Hbond substituents is 2. The zero-order valence-electron chi connectivity index (χ0n) is 19.4. The van der Waals surface area contributed by atoms with Crippen LogP contribution in [0.25, 0.3) is 27.8 Å². The van der Waals surface area contributed by atoms with E-state index in [9.17, 15) is 19.8 Å². The Bertz CT molecular complexity index is 1530. The van der Waals surface area contributed by atoms with E-state index >= 15 is 0 Å². The molecular weight excluding hydrogens is 430 g/mol. The van der Waals surface area contributed by atoms with E-state index in [1.165, 1.54) is 36.4 Å². The molecule has 1 aromatic heterocycles. The first-order chi connectivity index (χ1) is 16.0. The lowest BCUT2D eigenvalue weighted by molar-refractivity contribution is 0.104. The summed E-state index contributed by atoms with van der Waals surface area (Å²) in [7, 11) is 0. The zero-order chi connectivity index (χ0) is 24.6. The van der Waals surface area contributed by atoms with E-state index in [4.69, 9.17) is 4.42 Å². The van der Waals surface area contributed by atoms with Crippen LogP contribution in [0, 0.1) is 6.92 Å². The second-order valence-electron chi connectivity index (χ2n) is 9.19. The number of allylic oxidation sites excluding steroid dienone is 1. The highest BCUT2D eigenvalue weighted by Crippen LogP contribution is 2.37. The number of rotatable bonds is 4. The van der Waals surface area contributed by atoms with Crippen LogP contribution in [0.1, 0.15) is 47.8 Å². The van der Waals surface area contributed by atoms with Crippen LogP contribution < -0.4 is 5.63 Å². The van der Waals surface area contributed by atoms with E-state index in [1.54, 1.807) is 30.5 Å². The molecule has 6 heteroatoms. The second kappa shape index (κ2) is 8.63. The minimum atomic E-state index is -0.495. The van der Waals surface area contributed by atoms with Crippen LogP contribution >= 0.6 is 0 Å². The Hall–Kier alpha value is -4.19. The highest BCUT2D eigenvalue weighted by molar-refractivity contribution is 6.15. The summed E-state index contributed by atoms with van der Waals surface area (Å²) < 4.78 is 5.56. The number of phenols is 2. The molecule has 0 saturated heterocycles. The zero-order valence-corrected chi connectivity index (χ0v) is 19.4. The number of hydrogen-bond donors (Lipinski definition) is 2. The monoisotopic (exact) mass is 455 g/mol. The van der Waals surface area contributed by atoms with Crippen LogP contribution in [-0.4, -0.2) is 27.7 Å². The molecule has 2 N–H and O–H groups in total. The van der Waals surface area contributed by atoms with Gasteiger partial charge in [-0.1, -0.05) is 12.1 Å². The molecular formula is C28H25NO5. The third-order valence-electron chi connectivity index (χ3n) is 5.40. The number of aromatic hydroxyl groups is 2. The molecule has 1 heterocycles. The van der Waals surface area contributed by atoms with Gasteiger partial charge in [0.05, 0.1) is 5.54 Å². The van der Waals surface area contributed by atoms with Gasteiger partial charge >= 0.3 is 5.63 Å². The number of carbonyl (C=O) groups excluding carboxylic acids is 1. The van der Waals surface area contributed by atoms with E-state index in [-0.39, 0.29) is 22.8 Å². The van der Waals surface area contributed by atoms with Crippen LogP contribution in [-0.2, 0) is 0 Å². The van der Waals surface area contributed by atoms with Gasteiger partial charge in [0.1, 0.15) is 17.1 Å². The van der Waals surface area contributed by atoms with Gasteiger partial charge in [-0.05, 0) is 81.3 Å². The van der Waals surface area contributed by atoms with Crippen LogP contribution in [0.5, 0.6) is 11.5 Å². The molecule has 0 atom stereocenters. The van der Waals surface area contributed by atoms with E-state index in [1.807, 2.05) is 27.7 Å². The molecule has 0 bridgehead atoms. The average molecular weight is 456 g/mol. The maximum atomic E-state index is 12.7. The van der Waals surface area contributed by atoms with Gasteiger partial charge in [-0.25, -0.2) is 4.79 Å². The number of aryl methyl sites for hydroxylation is 1. The Balaban J connectivity index is 1.97. The van der Waals surface area contributed by atoms with Gasteiger partial charge in [0.2, 0.25) is 0 Å². The number of aliphatic imine (C=N–C) groups is 1. The molecule has 34 heavy (non-hydrogen) atoms.